The number of halogens is 1. The summed E-state index contributed by atoms with van der Waals surface area (Å²) in [7, 11) is 0. The summed E-state index contributed by atoms with van der Waals surface area (Å²) >= 11 is 5.96. The predicted octanol–water partition coefficient (Wildman–Crippen LogP) is 3.01. The van der Waals surface area contributed by atoms with Gasteiger partial charge in [0.1, 0.15) is 11.8 Å². The number of amides is 2. The Hall–Kier alpha value is -3.08. The Morgan fingerprint density at radius 3 is 2.60 bits per heavy atom. The highest BCUT2D eigenvalue weighted by molar-refractivity contribution is 6.31. The summed E-state index contributed by atoms with van der Waals surface area (Å²) in [6.07, 6.45) is 0. The molecular weight excluding hydrogens is 404 g/mol. The zero-order valence-corrected chi connectivity index (χ0v) is 17.5. The molecular formula is C22H23ClN4O3. The standard InChI is InChI=1S/C22H23ClN4O3/c1-2-30-20-6-4-3-5-18(20)22(29)27-11-9-26(10-12-27)15-21(28)25-19-13-17(23)8-7-16(19)14-24/h3-8,13H,2,9-12,15H2,1H3,(H,25,28). The van der Waals surface area contributed by atoms with Crippen molar-refractivity contribution in [3.8, 4) is 11.8 Å². The summed E-state index contributed by atoms with van der Waals surface area (Å²) in [6.45, 7) is 4.75. The molecule has 0 atom stereocenters. The maximum Gasteiger partial charge on any atom is 0.257 e. The molecule has 1 aliphatic rings. The second-order valence-electron chi connectivity index (χ2n) is 6.85. The van der Waals surface area contributed by atoms with Crippen LogP contribution in [0, 0.1) is 11.3 Å². The predicted molar refractivity (Wildman–Crippen MR) is 115 cm³/mol. The molecule has 2 aromatic rings. The molecule has 0 saturated carbocycles. The number of nitriles is 1. The number of benzene rings is 2. The van der Waals surface area contributed by atoms with Crippen LogP contribution >= 0.6 is 11.6 Å². The minimum Gasteiger partial charge on any atom is -0.493 e. The Balaban J connectivity index is 1.55. The molecule has 0 radical (unpaired) electrons. The first-order valence-corrected chi connectivity index (χ1v) is 10.1. The number of para-hydroxylation sites is 1. The van der Waals surface area contributed by atoms with Crippen molar-refractivity contribution in [2.24, 2.45) is 0 Å². The van der Waals surface area contributed by atoms with E-state index in [9.17, 15) is 14.9 Å². The van der Waals surface area contributed by atoms with Gasteiger partial charge in [-0.05, 0) is 37.3 Å². The Morgan fingerprint density at radius 1 is 1.17 bits per heavy atom. The van der Waals surface area contributed by atoms with Crippen molar-refractivity contribution in [2.45, 2.75) is 6.92 Å². The fraction of sp³-hybridized carbons (Fsp3) is 0.318. The quantitative estimate of drug-likeness (QED) is 0.767. The van der Waals surface area contributed by atoms with Crippen molar-refractivity contribution >= 4 is 29.1 Å². The van der Waals surface area contributed by atoms with Gasteiger partial charge in [0.15, 0.2) is 0 Å². The number of nitrogens with zero attached hydrogens (tertiary/aromatic N) is 3. The third-order valence-electron chi connectivity index (χ3n) is 4.82. The minimum atomic E-state index is -0.227. The van der Waals surface area contributed by atoms with Gasteiger partial charge in [-0.15, -0.1) is 0 Å². The first kappa shape index (κ1) is 21.6. The minimum absolute atomic E-state index is 0.0688. The molecule has 1 N–H and O–H groups in total. The van der Waals surface area contributed by atoms with Gasteiger partial charge in [-0.25, -0.2) is 0 Å². The number of nitrogens with one attached hydrogen (secondary N) is 1. The summed E-state index contributed by atoms with van der Waals surface area (Å²) in [5.74, 6) is 0.289. The van der Waals surface area contributed by atoms with E-state index in [0.717, 1.165) is 0 Å². The molecule has 1 aliphatic heterocycles. The Morgan fingerprint density at radius 2 is 1.90 bits per heavy atom. The second-order valence-corrected chi connectivity index (χ2v) is 7.28. The number of hydrogen-bond acceptors (Lipinski definition) is 5. The van der Waals surface area contributed by atoms with Crippen LogP contribution in [0.5, 0.6) is 5.75 Å². The topological polar surface area (TPSA) is 85.7 Å². The smallest absolute Gasteiger partial charge is 0.257 e. The number of hydrogen-bond donors (Lipinski definition) is 1. The van der Waals surface area contributed by atoms with Crippen molar-refractivity contribution < 1.29 is 14.3 Å². The first-order chi connectivity index (χ1) is 14.5. The van der Waals surface area contributed by atoms with Crippen molar-refractivity contribution in [2.75, 3.05) is 44.6 Å². The summed E-state index contributed by atoms with van der Waals surface area (Å²) in [5, 5.41) is 12.4. The van der Waals surface area contributed by atoms with Crippen LogP contribution in [0.25, 0.3) is 0 Å². The Labute approximate surface area is 180 Å². The van der Waals surface area contributed by atoms with E-state index in [-0.39, 0.29) is 18.4 Å². The van der Waals surface area contributed by atoms with Gasteiger partial charge in [0.25, 0.3) is 5.91 Å². The lowest BCUT2D eigenvalue weighted by molar-refractivity contribution is -0.117. The highest BCUT2D eigenvalue weighted by Crippen LogP contribution is 2.22. The largest absolute Gasteiger partial charge is 0.493 e. The maximum absolute atomic E-state index is 12.9. The van der Waals surface area contributed by atoms with Crippen LogP contribution in [0.2, 0.25) is 5.02 Å². The molecule has 1 fully saturated rings. The van der Waals surface area contributed by atoms with Gasteiger partial charge in [-0.2, -0.15) is 5.26 Å². The molecule has 0 aliphatic carbocycles. The van der Waals surface area contributed by atoms with E-state index < -0.39 is 0 Å². The van der Waals surface area contributed by atoms with Gasteiger partial charge in [0.05, 0.1) is 30.0 Å². The normalized spacial score (nSPS) is 14.1. The molecule has 1 heterocycles. The average Bonchev–Trinajstić information content (AvgIpc) is 2.74. The highest BCUT2D eigenvalue weighted by atomic mass is 35.5. The number of piperazine rings is 1. The third-order valence-corrected chi connectivity index (χ3v) is 5.06. The number of carbonyl (C=O) groups excluding carboxylic acids is 2. The average molecular weight is 427 g/mol. The van der Waals surface area contributed by atoms with Gasteiger partial charge in [0.2, 0.25) is 5.91 Å². The monoisotopic (exact) mass is 426 g/mol. The maximum atomic E-state index is 12.9. The summed E-state index contributed by atoms with van der Waals surface area (Å²) in [6, 6.07) is 14.0. The van der Waals surface area contributed by atoms with E-state index in [1.54, 1.807) is 35.2 Å². The summed E-state index contributed by atoms with van der Waals surface area (Å²) < 4.78 is 5.56. The van der Waals surface area contributed by atoms with E-state index in [2.05, 4.69) is 5.32 Å². The fourth-order valence-corrected chi connectivity index (χ4v) is 3.49. The van der Waals surface area contributed by atoms with Crippen LogP contribution in [-0.2, 0) is 4.79 Å². The Bertz CT molecular complexity index is 965. The molecule has 156 valence electrons. The second kappa shape index (κ2) is 10.1. The molecule has 30 heavy (non-hydrogen) atoms. The lowest BCUT2D eigenvalue weighted by Crippen LogP contribution is -2.50. The Kier molecular flexibility index (Phi) is 7.28. The fourth-order valence-electron chi connectivity index (χ4n) is 3.31. The summed E-state index contributed by atoms with van der Waals surface area (Å²) in [4.78, 5) is 29.0. The summed E-state index contributed by atoms with van der Waals surface area (Å²) in [5.41, 5.74) is 1.31. The van der Waals surface area contributed by atoms with Crippen molar-refractivity contribution in [3.63, 3.8) is 0 Å². The SMILES string of the molecule is CCOc1ccccc1C(=O)N1CCN(CC(=O)Nc2cc(Cl)ccc2C#N)CC1. The zero-order valence-electron chi connectivity index (χ0n) is 16.7. The van der Waals surface area contributed by atoms with E-state index in [1.165, 1.54) is 0 Å². The van der Waals surface area contributed by atoms with Gasteiger partial charge in [0, 0.05) is 31.2 Å². The van der Waals surface area contributed by atoms with Crippen molar-refractivity contribution in [1.29, 1.82) is 5.26 Å². The molecule has 8 heteroatoms. The number of ether oxygens (including phenoxy) is 1. The molecule has 3 rings (SSSR count). The van der Waals surface area contributed by atoms with Crippen LogP contribution in [0.1, 0.15) is 22.8 Å². The third kappa shape index (κ3) is 5.29. The molecule has 0 aromatic heterocycles. The molecule has 1 saturated heterocycles. The van der Waals surface area contributed by atoms with Crippen LogP contribution in [-0.4, -0.2) is 60.9 Å². The van der Waals surface area contributed by atoms with Gasteiger partial charge in [-0.3, -0.25) is 14.5 Å². The van der Waals surface area contributed by atoms with Gasteiger partial charge >= 0.3 is 0 Å². The highest BCUT2D eigenvalue weighted by Gasteiger charge is 2.25. The molecule has 2 amide bonds. The molecule has 2 aromatic carbocycles. The van der Waals surface area contributed by atoms with E-state index in [4.69, 9.17) is 16.3 Å². The van der Waals surface area contributed by atoms with Gasteiger partial charge in [-0.1, -0.05) is 23.7 Å². The molecule has 0 spiro atoms. The number of anilines is 1. The van der Waals surface area contributed by atoms with Crippen molar-refractivity contribution in [3.05, 3.63) is 58.6 Å². The molecule has 7 nitrogen and oxygen atoms in total. The van der Waals surface area contributed by atoms with E-state index in [0.29, 0.717) is 60.4 Å². The first-order valence-electron chi connectivity index (χ1n) is 9.74. The zero-order chi connectivity index (χ0) is 21.5. The lowest BCUT2D eigenvalue weighted by Gasteiger charge is -2.34. The van der Waals surface area contributed by atoms with Gasteiger partial charge < -0.3 is 15.0 Å². The van der Waals surface area contributed by atoms with Crippen LogP contribution in [0.3, 0.4) is 0 Å². The molecule has 0 bridgehead atoms. The van der Waals surface area contributed by atoms with E-state index in [1.807, 2.05) is 30.0 Å². The van der Waals surface area contributed by atoms with Crippen LogP contribution in [0.4, 0.5) is 5.69 Å². The van der Waals surface area contributed by atoms with Crippen LogP contribution < -0.4 is 10.1 Å². The van der Waals surface area contributed by atoms with Crippen molar-refractivity contribution in [1.82, 2.24) is 9.80 Å². The lowest BCUT2D eigenvalue weighted by atomic mass is 10.1. The molecule has 0 unspecified atom stereocenters. The van der Waals surface area contributed by atoms with E-state index >= 15 is 0 Å². The number of carbonyl (C=O) groups is 2. The number of rotatable bonds is 6. The van der Waals surface area contributed by atoms with Crippen LogP contribution in [0.15, 0.2) is 42.5 Å².